The first-order valence-electron chi connectivity index (χ1n) is 8.19. The van der Waals surface area contributed by atoms with Crippen LogP contribution in [0.5, 0.6) is 0 Å². The van der Waals surface area contributed by atoms with E-state index in [2.05, 4.69) is 31.3 Å². The molecule has 0 radical (unpaired) electrons. The molecule has 1 N–H and O–H groups in total. The number of fused-ring (bicyclic) bond motifs is 1. The fraction of sp³-hybridized carbons (Fsp3) is 0.0526. The minimum atomic E-state index is -3.27. The van der Waals surface area contributed by atoms with Crippen molar-refractivity contribution in [3.05, 3.63) is 71.1 Å². The zero-order valence-corrected chi connectivity index (χ0v) is 17.0. The highest BCUT2D eigenvalue weighted by Gasteiger charge is 2.14. The lowest BCUT2D eigenvalue weighted by atomic mass is 10.1. The summed E-state index contributed by atoms with van der Waals surface area (Å²) in [5.41, 5.74) is 2.00. The fourth-order valence-electron chi connectivity index (χ4n) is 2.77. The molecule has 2 aromatic carbocycles. The summed E-state index contributed by atoms with van der Waals surface area (Å²) < 4.78 is 39.8. The van der Waals surface area contributed by atoms with Crippen molar-refractivity contribution in [1.82, 2.24) is 14.6 Å². The molecule has 0 fully saturated rings. The van der Waals surface area contributed by atoms with E-state index in [1.807, 2.05) is 0 Å². The predicted molar refractivity (Wildman–Crippen MR) is 109 cm³/mol. The van der Waals surface area contributed by atoms with Gasteiger partial charge in [-0.25, -0.2) is 17.8 Å². The van der Waals surface area contributed by atoms with Gasteiger partial charge in [0, 0.05) is 23.6 Å². The molecule has 0 unspecified atom stereocenters. The molecule has 0 atom stereocenters. The summed E-state index contributed by atoms with van der Waals surface area (Å²) in [5.74, 6) is 0.180. The Hall–Kier alpha value is -2.78. The van der Waals surface area contributed by atoms with Crippen LogP contribution in [0.25, 0.3) is 16.9 Å². The zero-order chi connectivity index (χ0) is 19.9. The first-order chi connectivity index (χ1) is 13.3. The van der Waals surface area contributed by atoms with Gasteiger partial charge in [-0.3, -0.25) is 0 Å². The molecule has 0 aliphatic carbocycles. The van der Waals surface area contributed by atoms with E-state index in [-0.39, 0.29) is 10.7 Å². The Kier molecular flexibility index (Phi) is 4.64. The number of nitrogens with zero attached hydrogens (tertiary/aromatic N) is 3. The van der Waals surface area contributed by atoms with Gasteiger partial charge in [-0.05, 0) is 52.3 Å². The molecule has 28 heavy (non-hydrogen) atoms. The van der Waals surface area contributed by atoms with Crippen LogP contribution in [0.3, 0.4) is 0 Å². The molecule has 2 heterocycles. The van der Waals surface area contributed by atoms with Gasteiger partial charge in [0.05, 0.1) is 21.3 Å². The third-order valence-electron chi connectivity index (χ3n) is 4.13. The molecular weight excluding hydrogens is 447 g/mol. The van der Waals surface area contributed by atoms with E-state index in [4.69, 9.17) is 0 Å². The van der Waals surface area contributed by atoms with Crippen LogP contribution < -0.4 is 5.32 Å². The molecule has 0 spiro atoms. The van der Waals surface area contributed by atoms with Crippen LogP contribution in [0.1, 0.15) is 0 Å². The largest absolute Gasteiger partial charge is 0.340 e. The quantitative estimate of drug-likeness (QED) is 0.486. The monoisotopic (exact) mass is 460 g/mol. The van der Waals surface area contributed by atoms with Crippen molar-refractivity contribution in [1.29, 1.82) is 0 Å². The van der Waals surface area contributed by atoms with Crippen LogP contribution >= 0.6 is 15.9 Å². The van der Waals surface area contributed by atoms with Gasteiger partial charge in [0.25, 0.3) is 0 Å². The van der Waals surface area contributed by atoms with Gasteiger partial charge in [0.15, 0.2) is 15.5 Å². The van der Waals surface area contributed by atoms with E-state index in [0.717, 1.165) is 6.26 Å². The molecule has 4 rings (SSSR count). The number of rotatable bonds is 4. The first kappa shape index (κ1) is 18.6. The van der Waals surface area contributed by atoms with Crippen molar-refractivity contribution in [2.24, 2.45) is 0 Å². The summed E-state index contributed by atoms with van der Waals surface area (Å²) >= 11 is 3.41. The van der Waals surface area contributed by atoms with Gasteiger partial charge >= 0.3 is 0 Å². The van der Waals surface area contributed by atoms with E-state index in [1.54, 1.807) is 47.1 Å². The summed E-state index contributed by atoms with van der Waals surface area (Å²) in [6, 6.07) is 14.4. The number of nitrogens with one attached hydrogen (secondary N) is 1. The highest BCUT2D eigenvalue weighted by molar-refractivity contribution is 9.10. The molecule has 2 aromatic heterocycles. The van der Waals surface area contributed by atoms with Crippen molar-refractivity contribution in [2.75, 3.05) is 11.6 Å². The van der Waals surface area contributed by atoms with Crippen LogP contribution in [-0.4, -0.2) is 29.3 Å². The van der Waals surface area contributed by atoms with E-state index in [0.29, 0.717) is 32.9 Å². The van der Waals surface area contributed by atoms with Gasteiger partial charge in [0.2, 0.25) is 0 Å². The molecule has 0 bridgehead atoms. The Morgan fingerprint density at radius 2 is 1.82 bits per heavy atom. The summed E-state index contributed by atoms with van der Waals surface area (Å²) in [6.07, 6.45) is 2.76. The smallest absolute Gasteiger partial charge is 0.175 e. The lowest BCUT2D eigenvalue weighted by molar-refractivity contribution is 0.602. The molecule has 9 heteroatoms. The van der Waals surface area contributed by atoms with Crippen molar-refractivity contribution < 1.29 is 12.8 Å². The Balaban J connectivity index is 1.81. The van der Waals surface area contributed by atoms with E-state index >= 15 is 0 Å². The Labute approximate surface area is 169 Å². The normalized spacial score (nSPS) is 11.7. The molecule has 0 aliphatic rings. The third kappa shape index (κ3) is 3.50. The molecule has 6 nitrogen and oxygen atoms in total. The summed E-state index contributed by atoms with van der Waals surface area (Å²) in [5, 5.41) is 7.47. The second-order valence-electron chi connectivity index (χ2n) is 6.16. The molecule has 0 aliphatic heterocycles. The van der Waals surface area contributed by atoms with E-state index in [9.17, 15) is 12.8 Å². The van der Waals surface area contributed by atoms with E-state index < -0.39 is 9.84 Å². The SMILES string of the molecule is CS(=O)(=O)c1ccc(Nc2cc(-c3ccccc3F)nc3c(Br)cnn23)cc1. The van der Waals surface area contributed by atoms with E-state index in [1.165, 1.54) is 18.2 Å². The standard InChI is InChI=1S/C19H14BrFN4O2S/c1-28(26,27)13-8-6-12(7-9-13)23-18-10-17(14-4-2-3-5-16(14)21)24-19-15(20)11-22-25(18)19/h2-11,23H,1H3. The number of sulfone groups is 1. The molecule has 0 amide bonds. The number of hydrogen-bond acceptors (Lipinski definition) is 5. The number of aromatic nitrogens is 3. The van der Waals surface area contributed by atoms with Crippen molar-refractivity contribution in [2.45, 2.75) is 4.90 Å². The lowest BCUT2D eigenvalue weighted by Gasteiger charge is -2.12. The average molecular weight is 461 g/mol. The zero-order valence-electron chi connectivity index (χ0n) is 14.6. The highest BCUT2D eigenvalue weighted by Crippen LogP contribution is 2.29. The molecule has 4 aromatic rings. The average Bonchev–Trinajstić information content (AvgIpc) is 3.03. The van der Waals surface area contributed by atoms with Crippen molar-refractivity contribution >= 4 is 42.9 Å². The summed E-state index contributed by atoms with van der Waals surface area (Å²) in [4.78, 5) is 4.74. The second-order valence-corrected chi connectivity index (χ2v) is 9.03. The summed E-state index contributed by atoms with van der Waals surface area (Å²) in [6.45, 7) is 0. The highest BCUT2D eigenvalue weighted by atomic mass is 79.9. The van der Waals surface area contributed by atoms with Crippen LogP contribution in [0.2, 0.25) is 0 Å². The maximum absolute atomic E-state index is 14.3. The van der Waals surface area contributed by atoms with Crippen molar-refractivity contribution in [3.8, 4) is 11.3 Å². The fourth-order valence-corrected chi connectivity index (χ4v) is 3.74. The van der Waals surface area contributed by atoms with Crippen LogP contribution in [0, 0.1) is 5.82 Å². The molecular formula is C19H14BrFN4O2S. The van der Waals surface area contributed by atoms with Gasteiger partial charge in [-0.1, -0.05) is 12.1 Å². The minimum Gasteiger partial charge on any atom is -0.340 e. The van der Waals surface area contributed by atoms with Crippen LogP contribution in [-0.2, 0) is 9.84 Å². The predicted octanol–water partition coefficient (Wildman–Crippen LogP) is 4.45. The van der Waals surface area contributed by atoms with Gasteiger partial charge in [-0.2, -0.15) is 9.61 Å². The Morgan fingerprint density at radius 3 is 2.50 bits per heavy atom. The maximum Gasteiger partial charge on any atom is 0.175 e. The minimum absolute atomic E-state index is 0.229. The second kappa shape index (κ2) is 6.99. The molecule has 142 valence electrons. The van der Waals surface area contributed by atoms with Gasteiger partial charge in [0.1, 0.15) is 11.6 Å². The number of hydrogen-bond donors (Lipinski definition) is 1. The number of benzene rings is 2. The lowest BCUT2D eigenvalue weighted by Crippen LogP contribution is -2.03. The number of anilines is 2. The Morgan fingerprint density at radius 1 is 1.11 bits per heavy atom. The van der Waals surface area contributed by atoms with Gasteiger partial charge < -0.3 is 5.32 Å². The molecule has 0 saturated carbocycles. The Bertz CT molecular complexity index is 1290. The topological polar surface area (TPSA) is 76.4 Å². The number of halogens is 2. The third-order valence-corrected chi connectivity index (χ3v) is 5.82. The first-order valence-corrected chi connectivity index (χ1v) is 10.9. The summed E-state index contributed by atoms with van der Waals surface area (Å²) in [7, 11) is -3.27. The van der Waals surface area contributed by atoms with Crippen LogP contribution in [0.4, 0.5) is 15.9 Å². The van der Waals surface area contributed by atoms with Gasteiger partial charge in [-0.15, -0.1) is 0 Å². The van der Waals surface area contributed by atoms with Crippen LogP contribution in [0.15, 0.2) is 70.2 Å². The van der Waals surface area contributed by atoms with Crippen molar-refractivity contribution in [3.63, 3.8) is 0 Å². The maximum atomic E-state index is 14.3. The molecule has 0 saturated heterocycles.